The van der Waals surface area contributed by atoms with Gasteiger partial charge >= 0.3 is 0 Å². The van der Waals surface area contributed by atoms with Crippen LogP contribution < -0.4 is 10.2 Å². The molecule has 2 fully saturated rings. The van der Waals surface area contributed by atoms with E-state index in [1.54, 1.807) is 11.2 Å². The quantitative estimate of drug-likeness (QED) is 0.889. The molecule has 146 valence electrons. The first-order valence-corrected chi connectivity index (χ1v) is 10.1. The molecule has 28 heavy (non-hydrogen) atoms. The number of anilines is 1. The van der Waals surface area contributed by atoms with Crippen LogP contribution in [-0.2, 0) is 29.0 Å². The molecular weight excluding hydrogens is 354 g/mol. The molecule has 1 spiro atoms. The molecule has 1 aromatic heterocycles. The summed E-state index contributed by atoms with van der Waals surface area (Å²) in [5.41, 5.74) is 3.38. The summed E-state index contributed by atoms with van der Waals surface area (Å²) in [6.45, 7) is 1.93. The van der Waals surface area contributed by atoms with E-state index in [4.69, 9.17) is 4.42 Å². The number of amides is 2. The van der Waals surface area contributed by atoms with Gasteiger partial charge in [0.25, 0.3) is 0 Å². The molecule has 6 nitrogen and oxygen atoms in total. The van der Waals surface area contributed by atoms with Crippen molar-refractivity contribution < 1.29 is 14.0 Å². The third kappa shape index (κ3) is 2.79. The number of aryl methyl sites for hydroxylation is 2. The number of piperidine rings is 1. The van der Waals surface area contributed by atoms with Crippen LogP contribution >= 0.6 is 0 Å². The van der Waals surface area contributed by atoms with Crippen molar-refractivity contribution in [2.24, 2.45) is 0 Å². The first kappa shape index (κ1) is 17.3. The number of piperazine rings is 1. The lowest BCUT2D eigenvalue weighted by atomic mass is 9.82. The predicted molar refractivity (Wildman–Crippen MR) is 105 cm³/mol. The smallest absolute Gasteiger partial charge is 0.246 e. The van der Waals surface area contributed by atoms with Gasteiger partial charge in [-0.3, -0.25) is 9.59 Å². The zero-order valence-corrected chi connectivity index (χ0v) is 15.9. The van der Waals surface area contributed by atoms with E-state index >= 15 is 0 Å². The molecule has 0 bridgehead atoms. The molecule has 0 radical (unpaired) electrons. The fourth-order valence-corrected chi connectivity index (χ4v) is 4.96. The Kier molecular flexibility index (Phi) is 4.14. The minimum atomic E-state index is -0.782. The van der Waals surface area contributed by atoms with Gasteiger partial charge in [0.2, 0.25) is 11.8 Å². The molecule has 6 heteroatoms. The predicted octanol–water partition coefficient (Wildman–Crippen LogP) is 2.27. The van der Waals surface area contributed by atoms with Crippen molar-refractivity contribution in [1.29, 1.82) is 0 Å². The molecule has 2 aliphatic heterocycles. The molecule has 1 aliphatic carbocycles. The second kappa shape index (κ2) is 6.69. The number of furan rings is 1. The summed E-state index contributed by atoms with van der Waals surface area (Å²) in [5, 5.41) is 2.81. The summed E-state index contributed by atoms with van der Waals surface area (Å²) < 4.78 is 5.45. The van der Waals surface area contributed by atoms with Crippen LogP contribution in [-0.4, -0.2) is 41.9 Å². The molecule has 3 aliphatic rings. The average molecular weight is 379 g/mol. The van der Waals surface area contributed by atoms with E-state index in [1.165, 1.54) is 29.7 Å². The van der Waals surface area contributed by atoms with Gasteiger partial charge in [-0.1, -0.05) is 6.07 Å². The molecule has 2 aromatic rings. The van der Waals surface area contributed by atoms with Crippen LogP contribution in [0.5, 0.6) is 0 Å². The Labute approximate surface area is 164 Å². The fourth-order valence-electron chi connectivity index (χ4n) is 4.96. The molecule has 3 heterocycles. The normalized spacial score (nSPS) is 21.1. The van der Waals surface area contributed by atoms with E-state index < -0.39 is 5.54 Å². The molecule has 1 N–H and O–H groups in total. The van der Waals surface area contributed by atoms with E-state index in [9.17, 15) is 9.59 Å². The number of benzene rings is 1. The number of hydrogen-bond acceptors (Lipinski definition) is 4. The maximum Gasteiger partial charge on any atom is 0.246 e. The SMILES string of the molecule is O=C1CNC(=O)C2(CCN(c3ccc4c(c3)CCC4)CC2)N1Cc1ccco1. The minimum absolute atomic E-state index is 0.0349. The maximum absolute atomic E-state index is 12.9. The third-order valence-corrected chi connectivity index (χ3v) is 6.57. The Hall–Kier alpha value is -2.76. The molecule has 2 amide bonds. The molecule has 0 saturated carbocycles. The highest BCUT2D eigenvalue weighted by atomic mass is 16.3. The van der Waals surface area contributed by atoms with Crippen LogP contribution in [0.2, 0.25) is 0 Å². The number of hydrogen-bond donors (Lipinski definition) is 1. The zero-order valence-electron chi connectivity index (χ0n) is 15.9. The molecule has 5 rings (SSSR count). The van der Waals surface area contributed by atoms with Crippen LogP contribution in [0.4, 0.5) is 5.69 Å². The van der Waals surface area contributed by atoms with E-state index in [1.807, 2.05) is 12.1 Å². The average Bonchev–Trinajstić information content (AvgIpc) is 3.40. The van der Waals surface area contributed by atoms with Crippen LogP contribution in [0.1, 0.15) is 36.1 Å². The Morgan fingerprint density at radius 3 is 2.68 bits per heavy atom. The Bertz CT molecular complexity index is 898. The molecule has 0 unspecified atom stereocenters. The summed E-state index contributed by atoms with van der Waals surface area (Å²) in [5.74, 6) is 0.637. The van der Waals surface area contributed by atoms with E-state index in [0.717, 1.165) is 19.5 Å². The standard InChI is InChI=1S/C22H25N3O3/c26-20-14-23-21(27)22(25(20)15-19-5-2-12-28-19)8-10-24(11-9-22)18-7-6-16-3-1-4-17(16)13-18/h2,5-7,12-13H,1,3-4,8-11,14-15H2,(H,23,27). The monoisotopic (exact) mass is 379 g/mol. The summed E-state index contributed by atoms with van der Waals surface area (Å²) in [7, 11) is 0. The summed E-state index contributed by atoms with van der Waals surface area (Å²) in [4.78, 5) is 29.7. The topological polar surface area (TPSA) is 65.8 Å². The number of rotatable bonds is 3. The lowest BCUT2D eigenvalue weighted by Crippen LogP contribution is -2.69. The highest BCUT2D eigenvalue weighted by Gasteiger charge is 2.51. The lowest BCUT2D eigenvalue weighted by Gasteiger charge is -2.50. The first-order chi connectivity index (χ1) is 13.7. The van der Waals surface area contributed by atoms with Gasteiger partial charge in [0.15, 0.2) is 0 Å². The van der Waals surface area contributed by atoms with Gasteiger partial charge in [0.1, 0.15) is 11.3 Å². The summed E-state index contributed by atoms with van der Waals surface area (Å²) >= 11 is 0. The van der Waals surface area contributed by atoms with E-state index in [2.05, 4.69) is 28.4 Å². The van der Waals surface area contributed by atoms with E-state index in [-0.39, 0.29) is 18.4 Å². The Balaban J connectivity index is 1.37. The van der Waals surface area contributed by atoms with E-state index in [0.29, 0.717) is 25.1 Å². The van der Waals surface area contributed by atoms with Gasteiger partial charge in [0, 0.05) is 18.8 Å². The number of nitrogens with one attached hydrogen (secondary N) is 1. The second-order valence-corrected chi connectivity index (χ2v) is 8.07. The van der Waals surface area contributed by atoms with Gasteiger partial charge in [0.05, 0.1) is 19.4 Å². The highest BCUT2D eigenvalue weighted by Crippen LogP contribution is 2.36. The number of nitrogens with zero attached hydrogens (tertiary/aromatic N) is 2. The fraction of sp³-hybridized carbons (Fsp3) is 0.455. The van der Waals surface area contributed by atoms with Gasteiger partial charge in [-0.15, -0.1) is 0 Å². The third-order valence-electron chi connectivity index (χ3n) is 6.57. The molecular formula is C22H25N3O3. The lowest BCUT2D eigenvalue weighted by molar-refractivity contribution is -0.156. The largest absolute Gasteiger partial charge is 0.467 e. The summed E-state index contributed by atoms with van der Waals surface area (Å²) in [6, 6.07) is 10.4. The van der Waals surface area contributed by atoms with Crippen LogP contribution in [0, 0.1) is 0 Å². The molecule has 1 aromatic carbocycles. The van der Waals surface area contributed by atoms with Crippen molar-refractivity contribution in [2.45, 2.75) is 44.2 Å². The van der Waals surface area contributed by atoms with Crippen molar-refractivity contribution in [3.8, 4) is 0 Å². The van der Waals surface area contributed by atoms with Crippen molar-refractivity contribution in [2.75, 3.05) is 24.5 Å². The maximum atomic E-state index is 12.9. The minimum Gasteiger partial charge on any atom is -0.467 e. The van der Waals surface area contributed by atoms with Gasteiger partial charge in [-0.05, 0) is 67.5 Å². The van der Waals surface area contributed by atoms with Crippen LogP contribution in [0.25, 0.3) is 0 Å². The van der Waals surface area contributed by atoms with Gasteiger partial charge in [-0.2, -0.15) is 0 Å². The molecule has 0 atom stereocenters. The Morgan fingerprint density at radius 1 is 1.07 bits per heavy atom. The molecule has 2 saturated heterocycles. The van der Waals surface area contributed by atoms with Gasteiger partial charge < -0.3 is 19.5 Å². The van der Waals surface area contributed by atoms with Crippen molar-refractivity contribution in [1.82, 2.24) is 10.2 Å². The van der Waals surface area contributed by atoms with Crippen LogP contribution in [0.3, 0.4) is 0 Å². The first-order valence-electron chi connectivity index (χ1n) is 10.1. The Morgan fingerprint density at radius 2 is 1.89 bits per heavy atom. The highest BCUT2D eigenvalue weighted by molar-refractivity contribution is 5.98. The van der Waals surface area contributed by atoms with Gasteiger partial charge in [-0.25, -0.2) is 0 Å². The second-order valence-electron chi connectivity index (χ2n) is 8.07. The van der Waals surface area contributed by atoms with Crippen LogP contribution in [0.15, 0.2) is 41.0 Å². The number of carbonyl (C=O) groups is 2. The zero-order chi connectivity index (χ0) is 19.1. The number of carbonyl (C=O) groups excluding carboxylic acids is 2. The number of fused-ring (bicyclic) bond motifs is 1. The van der Waals surface area contributed by atoms with Crippen molar-refractivity contribution >= 4 is 17.5 Å². The summed E-state index contributed by atoms with van der Waals surface area (Å²) in [6.07, 6.45) is 6.45. The van der Waals surface area contributed by atoms with Crippen molar-refractivity contribution in [3.05, 3.63) is 53.5 Å². The van der Waals surface area contributed by atoms with Crippen molar-refractivity contribution in [3.63, 3.8) is 0 Å².